The molecule has 0 atom stereocenters. The second-order valence-electron chi connectivity index (χ2n) is 4.54. The van der Waals surface area contributed by atoms with Crippen LogP contribution in [0.4, 0.5) is 0 Å². The van der Waals surface area contributed by atoms with Crippen LogP contribution in [0.25, 0.3) is 6.08 Å². The summed E-state index contributed by atoms with van der Waals surface area (Å²) in [5.74, 6) is -0.475. The van der Waals surface area contributed by atoms with Crippen molar-refractivity contribution in [2.45, 2.75) is 6.54 Å². The van der Waals surface area contributed by atoms with Gasteiger partial charge in [0.1, 0.15) is 17.4 Å². The summed E-state index contributed by atoms with van der Waals surface area (Å²) in [7, 11) is 0. The number of aromatic hydroxyl groups is 1. The van der Waals surface area contributed by atoms with Crippen LogP contribution < -0.4 is 5.32 Å². The van der Waals surface area contributed by atoms with Crippen LogP contribution in [0.15, 0.2) is 58.6 Å². The van der Waals surface area contributed by atoms with Crippen molar-refractivity contribution in [2.24, 2.45) is 0 Å². The molecule has 0 bridgehead atoms. The molecule has 22 heavy (non-hydrogen) atoms. The SMILES string of the molecule is N#C/C(=C/c1cc(Br)ccc1O)C(=O)NCc1ccccc1. The molecular weight excluding hydrogens is 344 g/mol. The molecule has 2 aromatic carbocycles. The maximum atomic E-state index is 12.1. The number of carbonyl (C=O) groups excluding carboxylic acids is 1. The number of rotatable bonds is 4. The zero-order chi connectivity index (χ0) is 15.9. The Morgan fingerprint density at radius 1 is 1.27 bits per heavy atom. The number of hydrogen-bond donors (Lipinski definition) is 2. The van der Waals surface area contributed by atoms with Gasteiger partial charge in [-0.1, -0.05) is 46.3 Å². The lowest BCUT2D eigenvalue weighted by Crippen LogP contribution is -2.23. The van der Waals surface area contributed by atoms with Gasteiger partial charge in [0.05, 0.1) is 0 Å². The van der Waals surface area contributed by atoms with E-state index in [9.17, 15) is 9.90 Å². The normalized spacial score (nSPS) is 10.8. The van der Waals surface area contributed by atoms with E-state index in [0.29, 0.717) is 12.1 Å². The predicted octanol–water partition coefficient (Wildman–Crippen LogP) is 3.38. The molecule has 2 N–H and O–H groups in total. The molecule has 0 spiro atoms. The second kappa shape index (κ2) is 7.43. The maximum Gasteiger partial charge on any atom is 0.262 e. The maximum absolute atomic E-state index is 12.1. The first-order valence-electron chi connectivity index (χ1n) is 6.52. The Labute approximate surface area is 136 Å². The summed E-state index contributed by atoms with van der Waals surface area (Å²) in [6, 6.07) is 16.1. The van der Waals surface area contributed by atoms with Gasteiger partial charge < -0.3 is 10.4 Å². The van der Waals surface area contributed by atoms with Crippen molar-refractivity contribution in [2.75, 3.05) is 0 Å². The van der Waals surface area contributed by atoms with E-state index >= 15 is 0 Å². The van der Waals surface area contributed by atoms with Crippen molar-refractivity contribution in [1.29, 1.82) is 5.26 Å². The Balaban J connectivity index is 2.14. The van der Waals surface area contributed by atoms with Crippen molar-refractivity contribution in [3.8, 4) is 11.8 Å². The molecule has 1 amide bonds. The number of nitrogens with zero attached hydrogens (tertiary/aromatic N) is 1. The molecule has 5 heteroatoms. The van der Waals surface area contributed by atoms with Gasteiger partial charge in [0.25, 0.3) is 5.91 Å². The summed E-state index contributed by atoms with van der Waals surface area (Å²) < 4.78 is 0.749. The molecule has 2 aromatic rings. The smallest absolute Gasteiger partial charge is 0.262 e. The summed E-state index contributed by atoms with van der Waals surface area (Å²) in [4.78, 5) is 12.1. The van der Waals surface area contributed by atoms with Crippen LogP contribution in [-0.4, -0.2) is 11.0 Å². The molecular formula is C17H13BrN2O2. The first kappa shape index (κ1) is 15.8. The highest BCUT2D eigenvalue weighted by Gasteiger charge is 2.10. The highest BCUT2D eigenvalue weighted by molar-refractivity contribution is 9.10. The van der Waals surface area contributed by atoms with Crippen LogP contribution in [0, 0.1) is 11.3 Å². The van der Waals surface area contributed by atoms with Gasteiger partial charge in [-0.2, -0.15) is 5.26 Å². The van der Waals surface area contributed by atoms with E-state index in [1.54, 1.807) is 12.1 Å². The van der Waals surface area contributed by atoms with Crippen molar-refractivity contribution < 1.29 is 9.90 Å². The van der Waals surface area contributed by atoms with Crippen molar-refractivity contribution in [3.63, 3.8) is 0 Å². The van der Waals surface area contributed by atoms with Crippen LogP contribution >= 0.6 is 15.9 Å². The first-order chi connectivity index (χ1) is 10.6. The van der Waals surface area contributed by atoms with Crippen LogP contribution in [0.1, 0.15) is 11.1 Å². The molecule has 0 radical (unpaired) electrons. The predicted molar refractivity (Wildman–Crippen MR) is 87.7 cm³/mol. The lowest BCUT2D eigenvalue weighted by molar-refractivity contribution is -0.117. The van der Waals surface area contributed by atoms with E-state index in [2.05, 4.69) is 21.2 Å². The van der Waals surface area contributed by atoms with Crippen LogP contribution in [0.3, 0.4) is 0 Å². The van der Waals surface area contributed by atoms with E-state index in [4.69, 9.17) is 5.26 Å². The number of benzene rings is 2. The number of nitriles is 1. The lowest BCUT2D eigenvalue weighted by atomic mass is 10.1. The topological polar surface area (TPSA) is 73.1 Å². The van der Waals surface area contributed by atoms with Gasteiger partial charge in [0.15, 0.2) is 0 Å². The Bertz CT molecular complexity index is 749. The molecule has 110 valence electrons. The molecule has 0 saturated carbocycles. The number of halogens is 1. The molecule has 0 aliphatic rings. The Morgan fingerprint density at radius 3 is 2.68 bits per heavy atom. The summed E-state index contributed by atoms with van der Waals surface area (Å²) >= 11 is 3.28. The Morgan fingerprint density at radius 2 is 2.00 bits per heavy atom. The average Bonchev–Trinajstić information content (AvgIpc) is 2.54. The van der Waals surface area contributed by atoms with E-state index in [-0.39, 0.29) is 11.3 Å². The summed E-state index contributed by atoms with van der Waals surface area (Å²) in [6.45, 7) is 0.336. The highest BCUT2D eigenvalue weighted by Crippen LogP contribution is 2.24. The van der Waals surface area contributed by atoms with Crippen LogP contribution in [0.5, 0.6) is 5.75 Å². The number of amides is 1. The zero-order valence-corrected chi connectivity index (χ0v) is 13.2. The third-order valence-electron chi connectivity index (χ3n) is 2.95. The highest BCUT2D eigenvalue weighted by atomic mass is 79.9. The molecule has 0 aromatic heterocycles. The van der Waals surface area contributed by atoms with Crippen molar-refractivity contribution in [1.82, 2.24) is 5.32 Å². The molecule has 0 heterocycles. The fourth-order valence-corrected chi connectivity index (χ4v) is 2.20. The summed E-state index contributed by atoms with van der Waals surface area (Å²) in [6.07, 6.45) is 1.36. The number of phenolic OH excluding ortho intramolecular Hbond substituents is 1. The molecule has 2 rings (SSSR count). The van der Waals surface area contributed by atoms with Crippen LogP contribution in [-0.2, 0) is 11.3 Å². The molecule has 0 aliphatic heterocycles. The molecule has 4 nitrogen and oxygen atoms in total. The van der Waals surface area contributed by atoms with E-state index in [0.717, 1.165) is 10.0 Å². The standard InChI is InChI=1S/C17H13BrN2O2/c18-15-6-7-16(21)13(9-15)8-14(10-19)17(22)20-11-12-4-2-1-3-5-12/h1-9,21H,11H2,(H,20,22)/b14-8-. The minimum absolute atomic E-state index is 0.00630. The third kappa shape index (κ3) is 4.21. The lowest BCUT2D eigenvalue weighted by Gasteiger charge is -2.05. The summed E-state index contributed by atoms with van der Waals surface area (Å²) in [5, 5.41) is 21.6. The van der Waals surface area contributed by atoms with E-state index in [1.807, 2.05) is 36.4 Å². The Kier molecular flexibility index (Phi) is 5.34. The van der Waals surface area contributed by atoms with Gasteiger partial charge in [-0.05, 0) is 29.8 Å². The number of carbonyl (C=O) groups is 1. The fraction of sp³-hybridized carbons (Fsp3) is 0.0588. The molecule has 0 unspecified atom stereocenters. The van der Waals surface area contributed by atoms with Crippen molar-refractivity contribution in [3.05, 3.63) is 69.7 Å². The average molecular weight is 357 g/mol. The zero-order valence-electron chi connectivity index (χ0n) is 11.6. The van der Waals surface area contributed by atoms with Gasteiger partial charge in [-0.3, -0.25) is 4.79 Å². The van der Waals surface area contributed by atoms with Gasteiger partial charge in [-0.25, -0.2) is 0 Å². The minimum Gasteiger partial charge on any atom is -0.507 e. The number of nitrogens with one attached hydrogen (secondary N) is 1. The first-order valence-corrected chi connectivity index (χ1v) is 7.32. The quantitative estimate of drug-likeness (QED) is 0.651. The Hall–Kier alpha value is -2.58. The van der Waals surface area contributed by atoms with Gasteiger partial charge in [0, 0.05) is 16.6 Å². The largest absolute Gasteiger partial charge is 0.507 e. The summed E-state index contributed by atoms with van der Waals surface area (Å²) in [5.41, 5.74) is 1.28. The van der Waals surface area contributed by atoms with E-state index in [1.165, 1.54) is 12.1 Å². The van der Waals surface area contributed by atoms with Crippen LogP contribution in [0.2, 0.25) is 0 Å². The number of hydrogen-bond acceptors (Lipinski definition) is 3. The minimum atomic E-state index is -0.481. The third-order valence-corrected chi connectivity index (χ3v) is 3.44. The van der Waals surface area contributed by atoms with Gasteiger partial charge in [-0.15, -0.1) is 0 Å². The van der Waals surface area contributed by atoms with E-state index < -0.39 is 5.91 Å². The molecule has 0 fully saturated rings. The second-order valence-corrected chi connectivity index (χ2v) is 5.46. The fourth-order valence-electron chi connectivity index (χ4n) is 1.82. The van der Waals surface area contributed by atoms with Gasteiger partial charge in [0.2, 0.25) is 0 Å². The van der Waals surface area contributed by atoms with Crippen molar-refractivity contribution >= 4 is 27.9 Å². The molecule has 0 saturated heterocycles. The van der Waals surface area contributed by atoms with Gasteiger partial charge >= 0.3 is 0 Å². The number of phenols is 1. The molecule has 0 aliphatic carbocycles. The monoisotopic (exact) mass is 356 g/mol.